The Labute approximate surface area is 215 Å². The van der Waals surface area contributed by atoms with Gasteiger partial charge in [-0.1, -0.05) is 59.7 Å². The Morgan fingerprint density at radius 1 is 1.00 bits per heavy atom. The summed E-state index contributed by atoms with van der Waals surface area (Å²) in [5, 5.41) is 5.66. The number of carbonyl (C=O) groups is 1. The maximum Gasteiger partial charge on any atom is 0.222 e. The fraction of sp³-hybridized carbons (Fsp3) is 0.586. The van der Waals surface area contributed by atoms with Crippen LogP contribution in [0, 0.1) is 17.3 Å². The van der Waals surface area contributed by atoms with Gasteiger partial charge >= 0.3 is 0 Å². The number of anilines is 1. The van der Waals surface area contributed by atoms with Gasteiger partial charge in [0, 0.05) is 39.0 Å². The Hall–Kier alpha value is -2.96. The van der Waals surface area contributed by atoms with Crippen LogP contribution in [-0.4, -0.2) is 56.7 Å². The summed E-state index contributed by atoms with van der Waals surface area (Å²) >= 11 is 0. The van der Waals surface area contributed by atoms with Gasteiger partial charge in [0.05, 0.1) is 17.3 Å². The van der Waals surface area contributed by atoms with Crippen molar-refractivity contribution in [2.45, 2.75) is 67.2 Å². The van der Waals surface area contributed by atoms with Crippen LogP contribution >= 0.6 is 0 Å². The molecule has 1 aliphatic heterocycles. The predicted molar refractivity (Wildman–Crippen MR) is 146 cm³/mol. The second kappa shape index (κ2) is 11.0. The van der Waals surface area contributed by atoms with Crippen LogP contribution in [0.2, 0.25) is 0 Å². The maximum absolute atomic E-state index is 13.1. The lowest BCUT2D eigenvalue weighted by Crippen LogP contribution is -2.36. The van der Waals surface area contributed by atoms with Crippen LogP contribution in [-0.2, 0) is 11.2 Å². The van der Waals surface area contributed by atoms with Gasteiger partial charge in [0.25, 0.3) is 0 Å². The SMILES string of the molecule is CC(C)Cc1nc(N2CCCN(C(=O)C[C@@H](C)CC(C)(C)C)CC2)c2cnn(-c3ccccc3)c2n1. The van der Waals surface area contributed by atoms with Crippen LogP contribution in [0.5, 0.6) is 0 Å². The van der Waals surface area contributed by atoms with Crippen molar-refractivity contribution >= 4 is 22.8 Å². The third kappa shape index (κ3) is 6.42. The van der Waals surface area contributed by atoms with E-state index in [1.165, 1.54) is 0 Å². The van der Waals surface area contributed by atoms with E-state index in [1.807, 2.05) is 41.2 Å². The average molecular weight is 491 g/mol. The summed E-state index contributed by atoms with van der Waals surface area (Å²) in [5.74, 6) is 2.90. The van der Waals surface area contributed by atoms with E-state index in [1.54, 1.807) is 0 Å². The van der Waals surface area contributed by atoms with Crippen molar-refractivity contribution in [2.24, 2.45) is 17.3 Å². The highest BCUT2D eigenvalue weighted by Crippen LogP contribution is 2.29. The normalized spacial score (nSPS) is 16.0. The highest BCUT2D eigenvalue weighted by molar-refractivity contribution is 5.88. The van der Waals surface area contributed by atoms with Gasteiger partial charge in [0.15, 0.2) is 5.65 Å². The molecule has 0 aliphatic carbocycles. The van der Waals surface area contributed by atoms with Gasteiger partial charge in [-0.05, 0) is 42.2 Å². The van der Waals surface area contributed by atoms with Gasteiger partial charge in [0.2, 0.25) is 5.91 Å². The zero-order chi connectivity index (χ0) is 25.9. The van der Waals surface area contributed by atoms with Crippen LogP contribution in [0.4, 0.5) is 5.82 Å². The number of hydrogen-bond donors (Lipinski definition) is 0. The summed E-state index contributed by atoms with van der Waals surface area (Å²) in [6.45, 7) is 16.5. The molecule has 36 heavy (non-hydrogen) atoms. The quantitative estimate of drug-likeness (QED) is 0.437. The first-order valence-corrected chi connectivity index (χ1v) is 13.4. The molecule has 0 N–H and O–H groups in total. The molecule has 0 unspecified atom stereocenters. The summed E-state index contributed by atoms with van der Waals surface area (Å²) in [7, 11) is 0. The number of para-hydroxylation sites is 1. The van der Waals surface area contributed by atoms with Crippen molar-refractivity contribution in [1.82, 2.24) is 24.6 Å². The summed E-state index contributed by atoms with van der Waals surface area (Å²) in [4.78, 5) is 27.5. The molecule has 194 valence electrons. The van der Waals surface area contributed by atoms with Gasteiger partial charge in [-0.3, -0.25) is 4.79 Å². The molecule has 1 aliphatic rings. The Morgan fingerprint density at radius 3 is 2.44 bits per heavy atom. The van der Waals surface area contributed by atoms with E-state index in [-0.39, 0.29) is 11.3 Å². The molecule has 0 saturated carbocycles. The number of amides is 1. The minimum absolute atomic E-state index is 0.242. The zero-order valence-corrected chi connectivity index (χ0v) is 22.9. The van der Waals surface area contributed by atoms with Crippen molar-refractivity contribution in [1.29, 1.82) is 0 Å². The van der Waals surface area contributed by atoms with Crippen LogP contribution < -0.4 is 4.90 Å². The van der Waals surface area contributed by atoms with Crippen molar-refractivity contribution in [2.75, 3.05) is 31.1 Å². The third-order valence-electron chi connectivity index (χ3n) is 6.68. The number of hydrogen-bond acceptors (Lipinski definition) is 5. The first-order chi connectivity index (χ1) is 17.1. The molecular weight excluding hydrogens is 448 g/mol. The molecule has 1 amide bonds. The number of aromatic nitrogens is 4. The van der Waals surface area contributed by atoms with E-state index < -0.39 is 0 Å². The van der Waals surface area contributed by atoms with Crippen molar-refractivity contribution in [3.8, 4) is 5.69 Å². The molecule has 4 rings (SSSR count). The molecule has 3 heterocycles. The topological polar surface area (TPSA) is 67.2 Å². The Morgan fingerprint density at radius 2 is 1.75 bits per heavy atom. The first kappa shape index (κ1) is 26.1. The minimum atomic E-state index is 0.242. The van der Waals surface area contributed by atoms with Gasteiger partial charge in [-0.2, -0.15) is 5.10 Å². The molecular formula is C29H42N6O. The lowest BCUT2D eigenvalue weighted by molar-refractivity contribution is -0.132. The molecule has 7 nitrogen and oxygen atoms in total. The van der Waals surface area contributed by atoms with E-state index in [9.17, 15) is 4.79 Å². The summed E-state index contributed by atoms with van der Waals surface area (Å²) in [5.41, 5.74) is 2.07. The average Bonchev–Trinajstić information content (AvgIpc) is 3.06. The van der Waals surface area contributed by atoms with Gasteiger partial charge < -0.3 is 9.80 Å². The maximum atomic E-state index is 13.1. The van der Waals surface area contributed by atoms with Crippen LogP contribution in [0.15, 0.2) is 36.5 Å². The predicted octanol–water partition coefficient (Wildman–Crippen LogP) is 5.52. The molecule has 2 aromatic heterocycles. The molecule has 3 aromatic rings. The van der Waals surface area contributed by atoms with Crippen LogP contribution in [0.3, 0.4) is 0 Å². The van der Waals surface area contributed by atoms with Crippen molar-refractivity contribution in [3.05, 3.63) is 42.4 Å². The lowest BCUT2D eigenvalue weighted by atomic mass is 9.84. The molecule has 0 radical (unpaired) electrons. The smallest absolute Gasteiger partial charge is 0.222 e. The minimum Gasteiger partial charge on any atom is -0.354 e. The molecule has 1 fully saturated rings. The fourth-order valence-electron chi connectivity index (χ4n) is 5.32. The van der Waals surface area contributed by atoms with Gasteiger partial charge in [-0.25, -0.2) is 14.6 Å². The summed E-state index contributed by atoms with van der Waals surface area (Å²) in [6, 6.07) is 10.1. The second-order valence-electron chi connectivity index (χ2n) is 12.0. The number of nitrogens with zero attached hydrogens (tertiary/aromatic N) is 6. The Bertz CT molecular complexity index is 1160. The van der Waals surface area contributed by atoms with Crippen molar-refractivity contribution < 1.29 is 4.79 Å². The molecule has 0 spiro atoms. The number of carbonyl (C=O) groups excluding carboxylic acids is 1. The molecule has 1 aromatic carbocycles. The highest BCUT2D eigenvalue weighted by atomic mass is 16.2. The largest absolute Gasteiger partial charge is 0.354 e. The monoisotopic (exact) mass is 490 g/mol. The van der Waals surface area contributed by atoms with Gasteiger partial charge in [0.1, 0.15) is 11.6 Å². The Balaban J connectivity index is 1.57. The molecule has 1 saturated heterocycles. The number of fused-ring (bicyclic) bond motifs is 1. The van der Waals surface area contributed by atoms with Crippen molar-refractivity contribution in [3.63, 3.8) is 0 Å². The van der Waals surface area contributed by atoms with E-state index >= 15 is 0 Å². The van der Waals surface area contributed by atoms with E-state index in [2.05, 4.69) is 51.3 Å². The van der Waals surface area contributed by atoms with E-state index in [0.717, 1.165) is 73.8 Å². The summed E-state index contributed by atoms with van der Waals surface area (Å²) in [6.07, 6.45) is 5.31. The zero-order valence-electron chi connectivity index (χ0n) is 22.9. The lowest BCUT2D eigenvalue weighted by Gasteiger charge is -2.26. The van der Waals surface area contributed by atoms with Crippen LogP contribution in [0.1, 0.15) is 66.6 Å². The summed E-state index contributed by atoms with van der Waals surface area (Å²) < 4.78 is 1.91. The van der Waals surface area contributed by atoms with E-state index in [0.29, 0.717) is 18.3 Å². The third-order valence-corrected chi connectivity index (χ3v) is 6.68. The standard InChI is InChI=1S/C29H42N6O/c1-21(2)17-25-31-27(24-20-30-35(28(24)32-25)23-11-8-7-9-12-23)34-14-10-13-33(15-16-34)26(36)18-22(3)19-29(4,5)6/h7-9,11-12,20-22H,10,13-19H2,1-6H3/t22-/m1/s1. The first-order valence-electron chi connectivity index (χ1n) is 13.4. The molecule has 7 heteroatoms. The second-order valence-corrected chi connectivity index (χ2v) is 12.0. The molecule has 1 atom stereocenters. The van der Waals surface area contributed by atoms with Crippen LogP contribution in [0.25, 0.3) is 16.7 Å². The number of rotatable bonds is 7. The Kier molecular flexibility index (Phi) is 7.96. The van der Waals surface area contributed by atoms with Gasteiger partial charge in [-0.15, -0.1) is 0 Å². The van der Waals surface area contributed by atoms with E-state index in [4.69, 9.17) is 15.1 Å². The molecule has 0 bridgehead atoms. The highest BCUT2D eigenvalue weighted by Gasteiger charge is 2.25. The fourth-order valence-corrected chi connectivity index (χ4v) is 5.32. The number of benzene rings is 1.